The molecule has 6 unspecified atom stereocenters. The van der Waals surface area contributed by atoms with Crippen molar-refractivity contribution < 1.29 is 42.3 Å². The number of phenolic OH excluding ortho intramolecular Hbond substituents is 1. The average molecular weight is 732 g/mol. The van der Waals surface area contributed by atoms with Crippen LogP contribution in [0.25, 0.3) is 0 Å². The smallest absolute Gasteiger partial charge is 0.505 e. The molecule has 0 saturated heterocycles. The Kier molecular flexibility index (Phi) is 12.9. The highest BCUT2D eigenvalue weighted by molar-refractivity contribution is 7.48. The third-order valence-corrected chi connectivity index (χ3v) is 13.0. The molecule has 1 aromatic carbocycles. The van der Waals surface area contributed by atoms with Crippen molar-refractivity contribution >= 4 is 25.3 Å². The molecule has 12 nitrogen and oxygen atoms in total. The van der Waals surface area contributed by atoms with E-state index in [4.69, 9.17) is 28.8 Å². The van der Waals surface area contributed by atoms with E-state index < -0.39 is 13.7 Å². The number of anilines is 1. The van der Waals surface area contributed by atoms with Crippen LogP contribution < -0.4 is 21.1 Å². The lowest BCUT2D eigenvalue weighted by molar-refractivity contribution is -0.124. The molecule has 0 radical (unpaired) electrons. The molecule has 2 amide bonds. The minimum atomic E-state index is -3.73. The molecule has 0 aliphatic heterocycles. The Morgan fingerprint density at radius 3 is 2.47 bits per heavy atom. The maximum Gasteiger partial charge on any atom is 0.530 e. The molecule has 0 bridgehead atoms. The molecule has 13 heteroatoms. The van der Waals surface area contributed by atoms with Gasteiger partial charge in [0, 0.05) is 19.5 Å². The normalized spacial score (nSPS) is 27.2. The standard InChI is InChI=1S/C38H58N3O9P/c1-23(2)48-51(45,49-24(3)4)50-26-9-11-27-25(22-26)8-10-29-28(27)16-18-38(5)30(29)12-15-33(38)47-21-17-34(42)40-19-7-20-41-37(44)35-32(46-6)14-13-31(39)36(35)43/h9,13-14,22-24,27-30,33,43H,7-8,10-12,15-21,39H2,1-6H3,(H,40,42)(H,41,44). The Morgan fingerprint density at radius 2 is 1.76 bits per heavy atom. The molecule has 0 spiro atoms. The van der Waals surface area contributed by atoms with Crippen molar-refractivity contribution in [1.29, 1.82) is 0 Å². The number of fused-ring (bicyclic) bond motifs is 5. The fraction of sp³-hybridized carbons (Fsp3) is 0.684. The van der Waals surface area contributed by atoms with Gasteiger partial charge in [0.2, 0.25) is 5.91 Å². The number of phenols is 1. The Morgan fingerprint density at radius 1 is 1.04 bits per heavy atom. The molecule has 4 aliphatic rings. The first-order valence-corrected chi connectivity index (χ1v) is 20.1. The van der Waals surface area contributed by atoms with E-state index in [9.17, 15) is 19.3 Å². The summed E-state index contributed by atoms with van der Waals surface area (Å²) in [6.07, 6.45) is 12.0. The van der Waals surface area contributed by atoms with E-state index in [0.717, 1.165) is 44.9 Å². The van der Waals surface area contributed by atoms with Gasteiger partial charge in [-0.3, -0.25) is 18.6 Å². The number of amides is 2. The summed E-state index contributed by atoms with van der Waals surface area (Å²) in [7, 11) is -2.31. The second kappa shape index (κ2) is 16.7. The van der Waals surface area contributed by atoms with Crippen molar-refractivity contribution in [1.82, 2.24) is 10.6 Å². The Labute approximate surface area is 302 Å². The van der Waals surface area contributed by atoms with Gasteiger partial charge in [0.15, 0.2) is 5.75 Å². The van der Waals surface area contributed by atoms with Gasteiger partial charge in [0.25, 0.3) is 5.91 Å². The quantitative estimate of drug-likeness (QED) is 0.0600. The van der Waals surface area contributed by atoms with Crippen LogP contribution in [-0.2, 0) is 27.7 Å². The van der Waals surface area contributed by atoms with Gasteiger partial charge in [-0.25, -0.2) is 4.57 Å². The van der Waals surface area contributed by atoms with Crippen LogP contribution >= 0.6 is 7.82 Å². The molecule has 1 aromatic rings. The summed E-state index contributed by atoms with van der Waals surface area (Å²) in [5, 5.41) is 15.9. The maximum atomic E-state index is 13.4. The second-order valence-corrected chi connectivity index (χ2v) is 16.8. The summed E-state index contributed by atoms with van der Waals surface area (Å²) in [5.74, 6) is 2.25. The predicted octanol–water partition coefficient (Wildman–Crippen LogP) is 7.04. The van der Waals surface area contributed by atoms with Crippen molar-refractivity contribution in [3.63, 3.8) is 0 Å². The number of carbonyl (C=O) groups excluding carboxylic acids is 2. The Hall–Kier alpha value is -3.05. The van der Waals surface area contributed by atoms with E-state index >= 15 is 0 Å². The molecule has 6 atom stereocenters. The minimum absolute atomic E-state index is 0.00913. The van der Waals surface area contributed by atoms with Gasteiger partial charge in [-0.1, -0.05) is 12.5 Å². The molecule has 4 aliphatic carbocycles. The fourth-order valence-electron chi connectivity index (χ4n) is 8.99. The molecule has 284 valence electrons. The first kappa shape index (κ1) is 39.2. The third-order valence-electron chi connectivity index (χ3n) is 11.2. The van der Waals surface area contributed by atoms with Gasteiger partial charge in [-0.05, 0) is 132 Å². The molecule has 0 aromatic heterocycles. The van der Waals surface area contributed by atoms with Crippen LogP contribution in [0, 0.1) is 29.1 Å². The van der Waals surface area contributed by atoms with Crippen molar-refractivity contribution in [3.8, 4) is 11.5 Å². The molecule has 3 fully saturated rings. The van der Waals surface area contributed by atoms with E-state index in [2.05, 4.69) is 29.7 Å². The third kappa shape index (κ3) is 9.13. The molecule has 0 heterocycles. The van der Waals surface area contributed by atoms with Crippen LogP contribution in [-0.4, -0.2) is 62.0 Å². The van der Waals surface area contributed by atoms with Crippen LogP contribution in [0.15, 0.2) is 35.6 Å². The van der Waals surface area contributed by atoms with E-state index in [-0.39, 0.29) is 58.8 Å². The van der Waals surface area contributed by atoms with Gasteiger partial charge >= 0.3 is 7.82 Å². The lowest BCUT2D eigenvalue weighted by Crippen LogP contribution is -2.47. The van der Waals surface area contributed by atoms with Crippen molar-refractivity contribution in [2.24, 2.45) is 29.1 Å². The monoisotopic (exact) mass is 731 g/mol. The summed E-state index contributed by atoms with van der Waals surface area (Å²) < 4.78 is 42.2. The first-order valence-electron chi connectivity index (χ1n) is 18.6. The topological polar surface area (TPSA) is 168 Å². The Bertz CT molecular complexity index is 1510. The zero-order chi connectivity index (χ0) is 36.9. The van der Waals surface area contributed by atoms with Crippen LogP contribution in [0.4, 0.5) is 5.69 Å². The number of aromatic hydroxyl groups is 1. The van der Waals surface area contributed by atoms with Crippen LogP contribution in [0.3, 0.4) is 0 Å². The largest absolute Gasteiger partial charge is 0.530 e. The number of nitrogen functional groups attached to an aromatic ring is 1. The highest BCUT2D eigenvalue weighted by atomic mass is 31.2. The van der Waals surface area contributed by atoms with Gasteiger partial charge in [-0.2, -0.15) is 0 Å². The number of hydrogen-bond acceptors (Lipinski definition) is 10. The molecular formula is C38H58N3O9P. The van der Waals surface area contributed by atoms with Gasteiger partial charge in [-0.15, -0.1) is 0 Å². The number of ether oxygens (including phenoxy) is 2. The zero-order valence-electron chi connectivity index (χ0n) is 31.1. The van der Waals surface area contributed by atoms with Crippen LogP contribution in [0.1, 0.15) is 103 Å². The van der Waals surface area contributed by atoms with Gasteiger partial charge in [0.1, 0.15) is 17.1 Å². The van der Waals surface area contributed by atoms with Crippen molar-refractivity contribution in [2.75, 3.05) is 32.5 Å². The lowest BCUT2D eigenvalue weighted by Gasteiger charge is -2.53. The van der Waals surface area contributed by atoms with Crippen molar-refractivity contribution in [2.45, 2.75) is 111 Å². The van der Waals surface area contributed by atoms with E-state index in [1.54, 1.807) is 0 Å². The number of phosphoric ester groups is 1. The molecule has 51 heavy (non-hydrogen) atoms. The predicted molar refractivity (Wildman–Crippen MR) is 195 cm³/mol. The number of methoxy groups -OCH3 is 1. The summed E-state index contributed by atoms with van der Waals surface area (Å²) in [6.45, 7) is 10.8. The lowest BCUT2D eigenvalue weighted by atomic mass is 9.52. The average Bonchev–Trinajstić information content (AvgIpc) is 3.40. The molecular weight excluding hydrogens is 673 g/mol. The minimum Gasteiger partial charge on any atom is -0.505 e. The summed E-state index contributed by atoms with van der Waals surface area (Å²) in [6, 6.07) is 3.01. The number of rotatable bonds is 16. The number of benzene rings is 1. The van der Waals surface area contributed by atoms with E-state index in [0.29, 0.717) is 55.5 Å². The number of allylic oxidation sites excluding steroid dienone is 3. The van der Waals surface area contributed by atoms with E-state index in [1.165, 1.54) is 24.8 Å². The number of hydrogen-bond donors (Lipinski definition) is 4. The summed E-state index contributed by atoms with van der Waals surface area (Å²) in [4.78, 5) is 25.2. The highest BCUT2D eigenvalue weighted by Crippen LogP contribution is 2.63. The summed E-state index contributed by atoms with van der Waals surface area (Å²) >= 11 is 0. The molecule has 5 N–H and O–H groups in total. The zero-order valence-corrected chi connectivity index (χ0v) is 32.0. The number of nitrogens with one attached hydrogen (secondary N) is 2. The van der Waals surface area contributed by atoms with E-state index in [1.807, 2.05) is 27.7 Å². The number of carbonyl (C=O) groups is 2. The number of nitrogens with two attached hydrogens (primary N) is 1. The summed E-state index contributed by atoms with van der Waals surface area (Å²) in [5.41, 5.74) is 7.31. The molecule has 3 saturated carbocycles. The fourth-order valence-corrected chi connectivity index (χ4v) is 10.5. The van der Waals surface area contributed by atoms with Gasteiger partial charge < -0.3 is 35.5 Å². The van der Waals surface area contributed by atoms with Crippen LogP contribution in [0.5, 0.6) is 11.5 Å². The highest BCUT2D eigenvalue weighted by Gasteiger charge is 2.56. The van der Waals surface area contributed by atoms with Crippen LogP contribution in [0.2, 0.25) is 0 Å². The molecule has 5 rings (SSSR count). The second-order valence-electron chi connectivity index (χ2n) is 15.3. The maximum absolute atomic E-state index is 13.4. The Balaban J connectivity index is 1.04. The first-order chi connectivity index (χ1) is 24.2. The SMILES string of the molecule is COc1ccc(N)c(O)c1C(=O)NCCCNC(=O)CCOC1CCC2C3CCC4=CC(OP(=O)(OC(C)C)OC(C)C)=CCC4C3CCC12C. The number of phosphoric acid groups is 1. The van der Waals surface area contributed by atoms with Gasteiger partial charge in [0.05, 0.1) is 37.7 Å². The van der Waals surface area contributed by atoms with Crippen molar-refractivity contribution in [3.05, 3.63) is 41.2 Å².